The van der Waals surface area contributed by atoms with Crippen LogP contribution in [0.15, 0.2) is 54.6 Å². The summed E-state index contributed by atoms with van der Waals surface area (Å²) in [6, 6.07) is 18.9. The molecular weight excluding hydrogens is 258 g/mol. The number of ether oxygens (including phenoxy) is 1. The van der Waals surface area contributed by atoms with E-state index in [1.165, 1.54) is 11.1 Å². The third kappa shape index (κ3) is 4.91. The summed E-state index contributed by atoms with van der Waals surface area (Å²) in [4.78, 5) is 2.37. The first kappa shape index (κ1) is 15.6. The average Bonchev–Trinajstić information content (AvgIpc) is 2.54. The van der Waals surface area contributed by atoms with Crippen molar-refractivity contribution in [2.45, 2.75) is 20.3 Å². The van der Waals surface area contributed by atoms with Gasteiger partial charge in [-0.25, -0.2) is 0 Å². The number of rotatable bonds is 8. The van der Waals surface area contributed by atoms with Crippen LogP contribution in [-0.4, -0.2) is 31.1 Å². The van der Waals surface area contributed by atoms with Gasteiger partial charge < -0.3 is 9.64 Å². The number of benzene rings is 2. The van der Waals surface area contributed by atoms with Crippen molar-refractivity contribution in [2.24, 2.45) is 0 Å². The molecule has 0 aliphatic heterocycles. The van der Waals surface area contributed by atoms with Crippen molar-refractivity contribution in [3.8, 4) is 5.75 Å². The van der Waals surface area contributed by atoms with E-state index in [4.69, 9.17) is 4.74 Å². The molecule has 2 aromatic rings. The molecule has 0 bridgehead atoms. The van der Waals surface area contributed by atoms with E-state index in [1.54, 1.807) is 0 Å². The molecule has 112 valence electrons. The maximum Gasteiger partial charge on any atom is 0.122 e. The molecule has 2 nitrogen and oxygen atoms in total. The largest absolute Gasteiger partial charge is 0.492 e. The number of hydrogen-bond donors (Lipinski definition) is 0. The molecule has 0 spiro atoms. The maximum absolute atomic E-state index is 6.00. The van der Waals surface area contributed by atoms with E-state index in [-0.39, 0.29) is 0 Å². The van der Waals surface area contributed by atoms with Crippen molar-refractivity contribution < 1.29 is 4.74 Å². The quantitative estimate of drug-likeness (QED) is 0.726. The summed E-state index contributed by atoms with van der Waals surface area (Å²) in [5, 5.41) is 0. The van der Waals surface area contributed by atoms with Crippen molar-refractivity contribution in [1.29, 1.82) is 0 Å². The van der Waals surface area contributed by atoms with E-state index in [0.717, 1.165) is 38.4 Å². The molecule has 2 rings (SSSR count). The normalized spacial score (nSPS) is 10.8. The van der Waals surface area contributed by atoms with Gasteiger partial charge in [0.05, 0.1) is 0 Å². The van der Waals surface area contributed by atoms with Crippen LogP contribution in [0.2, 0.25) is 0 Å². The van der Waals surface area contributed by atoms with Crippen LogP contribution in [0.25, 0.3) is 0 Å². The van der Waals surface area contributed by atoms with Gasteiger partial charge in [-0.05, 0) is 30.3 Å². The minimum absolute atomic E-state index is 0.744. The molecule has 0 aliphatic carbocycles. The fraction of sp³-hybridized carbons (Fsp3) is 0.368. The Labute approximate surface area is 128 Å². The molecular formula is C19H25NO. The molecule has 21 heavy (non-hydrogen) atoms. The first-order chi connectivity index (χ1) is 10.3. The lowest BCUT2D eigenvalue weighted by molar-refractivity contribution is 0.222. The molecule has 0 heterocycles. The van der Waals surface area contributed by atoms with Crippen molar-refractivity contribution in [2.75, 3.05) is 26.2 Å². The molecule has 0 radical (unpaired) electrons. The molecule has 0 unspecified atom stereocenters. The van der Waals surface area contributed by atoms with Gasteiger partial charge in [-0.2, -0.15) is 0 Å². The van der Waals surface area contributed by atoms with E-state index >= 15 is 0 Å². The number of hydrogen-bond acceptors (Lipinski definition) is 2. The lowest BCUT2D eigenvalue weighted by Crippen LogP contribution is -2.28. The summed E-state index contributed by atoms with van der Waals surface area (Å²) in [6.07, 6.45) is 0.919. The second-order valence-electron chi connectivity index (χ2n) is 5.15. The number of likely N-dealkylation sites (N-methyl/N-ethyl adjacent to an activating group) is 1. The zero-order valence-corrected chi connectivity index (χ0v) is 13.1. The van der Waals surface area contributed by atoms with E-state index in [9.17, 15) is 0 Å². The van der Waals surface area contributed by atoms with Crippen LogP contribution in [0.5, 0.6) is 5.75 Å². The van der Waals surface area contributed by atoms with E-state index in [2.05, 4.69) is 67.3 Å². The van der Waals surface area contributed by atoms with Crippen molar-refractivity contribution in [1.82, 2.24) is 4.90 Å². The summed E-state index contributed by atoms with van der Waals surface area (Å²) < 4.78 is 6.00. The van der Waals surface area contributed by atoms with Crippen molar-refractivity contribution in [3.63, 3.8) is 0 Å². The molecule has 2 aromatic carbocycles. The average molecular weight is 283 g/mol. The summed E-state index contributed by atoms with van der Waals surface area (Å²) in [5.41, 5.74) is 2.57. The van der Waals surface area contributed by atoms with Gasteiger partial charge >= 0.3 is 0 Å². The van der Waals surface area contributed by atoms with Crippen LogP contribution in [0.1, 0.15) is 25.0 Å². The van der Waals surface area contributed by atoms with Gasteiger partial charge in [0.2, 0.25) is 0 Å². The van der Waals surface area contributed by atoms with Crippen LogP contribution >= 0.6 is 0 Å². The molecule has 0 aliphatic rings. The van der Waals surface area contributed by atoms with Gasteiger partial charge in [0, 0.05) is 13.0 Å². The molecule has 0 saturated heterocycles. The minimum atomic E-state index is 0.744. The Bertz CT molecular complexity index is 520. The highest BCUT2D eigenvalue weighted by atomic mass is 16.5. The number of para-hydroxylation sites is 1. The Balaban J connectivity index is 1.97. The van der Waals surface area contributed by atoms with Gasteiger partial charge in [0.15, 0.2) is 0 Å². The smallest absolute Gasteiger partial charge is 0.122 e. The van der Waals surface area contributed by atoms with Crippen LogP contribution in [0.4, 0.5) is 0 Å². The zero-order valence-electron chi connectivity index (χ0n) is 13.1. The first-order valence-corrected chi connectivity index (χ1v) is 7.80. The molecule has 0 fully saturated rings. The summed E-state index contributed by atoms with van der Waals surface area (Å²) >= 11 is 0. The monoisotopic (exact) mass is 283 g/mol. The summed E-state index contributed by atoms with van der Waals surface area (Å²) in [7, 11) is 0. The highest BCUT2D eigenvalue weighted by Crippen LogP contribution is 2.21. The molecule has 0 saturated carbocycles. The predicted octanol–water partition coefficient (Wildman–Crippen LogP) is 4.00. The van der Waals surface area contributed by atoms with Crippen molar-refractivity contribution >= 4 is 0 Å². The van der Waals surface area contributed by atoms with Gasteiger partial charge in [-0.3, -0.25) is 0 Å². The van der Waals surface area contributed by atoms with E-state index < -0.39 is 0 Å². The summed E-state index contributed by atoms with van der Waals surface area (Å²) in [6.45, 7) is 8.25. The number of nitrogens with zero attached hydrogens (tertiary/aromatic N) is 1. The fourth-order valence-corrected chi connectivity index (χ4v) is 2.43. The SMILES string of the molecule is CCN(CC)CCOc1ccccc1Cc1ccccc1. The molecule has 0 amide bonds. The van der Waals surface area contributed by atoms with Gasteiger partial charge in [-0.15, -0.1) is 0 Å². The topological polar surface area (TPSA) is 12.5 Å². The Morgan fingerprint density at radius 1 is 0.857 bits per heavy atom. The second kappa shape index (κ2) is 8.48. The Morgan fingerprint density at radius 2 is 1.52 bits per heavy atom. The Hall–Kier alpha value is -1.80. The summed E-state index contributed by atoms with van der Waals surface area (Å²) in [5.74, 6) is 1.01. The fourth-order valence-electron chi connectivity index (χ4n) is 2.43. The molecule has 0 N–H and O–H groups in total. The van der Waals surface area contributed by atoms with Crippen molar-refractivity contribution in [3.05, 3.63) is 65.7 Å². The Morgan fingerprint density at radius 3 is 2.24 bits per heavy atom. The van der Waals surface area contributed by atoms with Crippen LogP contribution in [0, 0.1) is 0 Å². The minimum Gasteiger partial charge on any atom is -0.492 e. The third-order valence-electron chi connectivity index (χ3n) is 3.77. The highest BCUT2D eigenvalue weighted by Gasteiger charge is 2.05. The second-order valence-corrected chi connectivity index (χ2v) is 5.15. The van der Waals surface area contributed by atoms with Crippen LogP contribution < -0.4 is 4.74 Å². The standard InChI is InChI=1S/C19H25NO/c1-3-20(4-2)14-15-21-19-13-9-8-12-18(19)16-17-10-6-5-7-11-17/h5-13H,3-4,14-16H2,1-2H3. The molecule has 0 atom stereocenters. The third-order valence-corrected chi connectivity index (χ3v) is 3.77. The Kier molecular flexibility index (Phi) is 6.29. The van der Waals surface area contributed by atoms with Gasteiger partial charge in [0.25, 0.3) is 0 Å². The van der Waals surface area contributed by atoms with Crippen LogP contribution in [-0.2, 0) is 6.42 Å². The lowest BCUT2D eigenvalue weighted by atomic mass is 10.0. The predicted molar refractivity (Wildman–Crippen MR) is 89.0 cm³/mol. The van der Waals surface area contributed by atoms with Gasteiger partial charge in [0.1, 0.15) is 12.4 Å². The zero-order chi connectivity index (χ0) is 14.9. The van der Waals surface area contributed by atoms with E-state index in [1.807, 2.05) is 6.07 Å². The van der Waals surface area contributed by atoms with Crippen LogP contribution in [0.3, 0.4) is 0 Å². The maximum atomic E-state index is 6.00. The highest BCUT2D eigenvalue weighted by molar-refractivity contribution is 5.37. The van der Waals surface area contributed by atoms with Gasteiger partial charge in [-0.1, -0.05) is 62.4 Å². The molecule has 0 aromatic heterocycles. The van der Waals surface area contributed by atoms with E-state index in [0.29, 0.717) is 0 Å². The lowest BCUT2D eigenvalue weighted by Gasteiger charge is -2.19. The first-order valence-electron chi connectivity index (χ1n) is 7.80. The molecule has 2 heteroatoms.